The van der Waals surface area contributed by atoms with Crippen molar-refractivity contribution in [3.63, 3.8) is 0 Å². The fraction of sp³-hybridized carbons (Fsp3) is 0. The molecule has 0 aliphatic rings. The fourth-order valence-electron chi connectivity index (χ4n) is 1.51. The maximum atomic E-state index is 12.7. The monoisotopic (exact) mass is 309 g/mol. The molecule has 2 rings (SSSR count). The second-order valence-electron chi connectivity index (χ2n) is 3.98. The van der Waals surface area contributed by atoms with E-state index in [1.165, 1.54) is 36.5 Å². The van der Waals surface area contributed by atoms with E-state index < -0.39 is 0 Å². The molecule has 0 fully saturated rings. The van der Waals surface area contributed by atoms with Gasteiger partial charge in [-0.1, -0.05) is 23.2 Å². The first-order valence-electron chi connectivity index (χ1n) is 5.74. The summed E-state index contributed by atoms with van der Waals surface area (Å²) < 4.78 is 12.7. The Balaban J connectivity index is 2.00. The van der Waals surface area contributed by atoms with Gasteiger partial charge in [-0.15, -0.1) is 0 Å². The van der Waals surface area contributed by atoms with Crippen LogP contribution < -0.4 is 5.32 Å². The molecule has 0 spiro atoms. The van der Waals surface area contributed by atoms with Crippen LogP contribution in [0.3, 0.4) is 0 Å². The average molecular weight is 310 g/mol. The lowest BCUT2D eigenvalue weighted by Gasteiger charge is -2.02. The molecule has 5 heteroatoms. The molecule has 0 unspecified atom stereocenters. The lowest BCUT2D eigenvalue weighted by molar-refractivity contribution is 0.104. The molecule has 0 aromatic heterocycles. The van der Waals surface area contributed by atoms with E-state index in [-0.39, 0.29) is 11.6 Å². The van der Waals surface area contributed by atoms with Gasteiger partial charge in [0.05, 0.1) is 10.0 Å². The van der Waals surface area contributed by atoms with E-state index in [0.717, 1.165) is 0 Å². The van der Waals surface area contributed by atoms with E-state index >= 15 is 0 Å². The van der Waals surface area contributed by atoms with Gasteiger partial charge in [0.15, 0.2) is 5.78 Å². The smallest absolute Gasteiger partial charge is 0.187 e. The number of allylic oxidation sites excluding steroid dienone is 1. The van der Waals surface area contributed by atoms with Gasteiger partial charge in [0, 0.05) is 23.5 Å². The number of hydrogen-bond acceptors (Lipinski definition) is 2. The van der Waals surface area contributed by atoms with Crippen molar-refractivity contribution >= 4 is 34.7 Å². The summed E-state index contributed by atoms with van der Waals surface area (Å²) >= 11 is 11.7. The third kappa shape index (κ3) is 3.83. The highest BCUT2D eigenvalue weighted by atomic mass is 35.5. The van der Waals surface area contributed by atoms with Crippen LogP contribution in [0.15, 0.2) is 54.7 Å². The van der Waals surface area contributed by atoms with Crippen LogP contribution >= 0.6 is 23.2 Å². The third-order valence-electron chi connectivity index (χ3n) is 2.53. The Morgan fingerprint density at radius 2 is 1.75 bits per heavy atom. The SMILES string of the molecule is O=C(/C=C/Nc1ccc(Cl)c(Cl)c1)c1ccc(F)cc1. The van der Waals surface area contributed by atoms with E-state index in [1.807, 2.05) is 0 Å². The first-order chi connectivity index (χ1) is 9.56. The van der Waals surface area contributed by atoms with Crippen LogP contribution in [0.2, 0.25) is 10.0 Å². The van der Waals surface area contributed by atoms with Gasteiger partial charge in [-0.25, -0.2) is 4.39 Å². The molecule has 0 bridgehead atoms. The van der Waals surface area contributed by atoms with Crippen LogP contribution in [0.4, 0.5) is 10.1 Å². The Kier molecular flexibility index (Phi) is 4.77. The number of carbonyl (C=O) groups is 1. The predicted molar refractivity (Wildman–Crippen MR) is 80.0 cm³/mol. The number of halogens is 3. The standard InChI is InChI=1S/C15H10Cl2FNO/c16-13-6-5-12(9-14(13)17)19-8-7-15(20)10-1-3-11(18)4-2-10/h1-9,19H/b8-7+. The van der Waals surface area contributed by atoms with Crippen molar-refractivity contribution < 1.29 is 9.18 Å². The molecule has 0 amide bonds. The summed E-state index contributed by atoms with van der Waals surface area (Å²) in [6, 6.07) is 10.4. The molecule has 0 saturated heterocycles. The minimum Gasteiger partial charge on any atom is -0.362 e. The minimum absolute atomic E-state index is 0.224. The first kappa shape index (κ1) is 14.6. The summed E-state index contributed by atoms with van der Waals surface area (Å²) in [5.41, 5.74) is 1.13. The van der Waals surface area contributed by atoms with E-state index in [9.17, 15) is 9.18 Å². The Bertz CT molecular complexity index is 653. The summed E-state index contributed by atoms with van der Waals surface area (Å²) in [6.45, 7) is 0. The topological polar surface area (TPSA) is 29.1 Å². The minimum atomic E-state index is -0.375. The summed E-state index contributed by atoms with van der Waals surface area (Å²) in [7, 11) is 0. The largest absolute Gasteiger partial charge is 0.362 e. The van der Waals surface area contributed by atoms with Crippen molar-refractivity contribution in [2.24, 2.45) is 0 Å². The van der Waals surface area contributed by atoms with E-state index in [1.54, 1.807) is 18.2 Å². The summed E-state index contributed by atoms with van der Waals surface area (Å²) in [4.78, 5) is 11.8. The van der Waals surface area contributed by atoms with Crippen molar-refractivity contribution in [1.82, 2.24) is 0 Å². The van der Waals surface area contributed by atoms with Crippen molar-refractivity contribution in [3.05, 3.63) is 76.2 Å². The highest BCUT2D eigenvalue weighted by molar-refractivity contribution is 6.42. The highest BCUT2D eigenvalue weighted by Gasteiger charge is 2.01. The quantitative estimate of drug-likeness (QED) is 0.640. The number of anilines is 1. The highest BCUT2D eigenvalue weighted by Crippen LogP contribution is 2.24. The van der Waals surface area contributed by atoms with Crippen LogP contribution in [0.5, 0.6) is 0 Å². The number of benzene rings is 2. The van der Waals surface area contributed by atoms with Gasteiger partial charge >= 0.3 is 0 Å². The van der Waals surface area contributed by atoms with Gasteiger partial charge in [0.25, 0.3) is 0 Å². The lowest BCUT2D eigenvalue weighted by Crippen LogP contribution is -1.96. The van der Waals surface area contributed by atoms with Gasteiger partial charge in [0.2, 0.25) is 0 Å². The molecule has 0 heterocycles. The zero-order chi connectivity index (χ0) is 14.5. The summed E-state index contributed by atoms with van der Waals surface area (Å²) in [5, 5.41) is 3.79. The zero-order valence-corrected chi connectivity index (χ0v) is 11.8. The molecule has 1 N–H and O–H groups in total. The Hall–Kier alpha value is -1.84. The van der Waals surface area contributed by atoms with Gasteiger partial charge in [-0.2, -0.15) is 0 Å². The molecular formula is C15H10Cl2FNO. The van der Waals surface area contributed by atoms with Crippen LogP contribution in [-0.4, -0.2) is 5.78 Å². The molecule has 2 aromatic rings. The summed E-state index contributed by atoms with van der Waals surface area (Å²) in [5.74, 6) is -0.600. The van der Waals surface area contributed by atoms with Crippen molar-refractivity contribution in [2.75, 3.05) is 5.32 Å². The maximum Gasteiger partial charge on any atom is 0.187 e. The average Bonchev–Trinajstić information content (AvgIpc) is 2.43. The van der Waals surface area contributed by atoms with E-state index in [0.29, 0.717) is 21.3 Å². The molecule has 0 atom stereocenters. The number of nitrogens with one attached hydrogen (secondary N) is 1. The molecule has 2 aromatic carbocycles. The third-order valence-corrected chi connectivity index (χ3v) is 3.27. The van der Waals surface area contributed by atoms with Gasteiger partial charge < -0.3 is 5.32 Å². The second kappa shape index (κ2) is 6.55. The van der Waals surface area contributed by atoms with Crippen molar-refractivity contribution in [3.8, 4) is 0 Å². The molecular weight excluding hydrogens is 300 g/mol. The maximum absolute atomic E-state index is 12.7. The number of hydrogen-bond donors (Lipinski definition) is 1. The number of ketones is 1. The molecule has 20 heavy (non-hydrogen) atoms. The Morgan fingerprint density at radius 1 is 1.05 bits per heavy atom. The van der Waals surface area contributed by atoms with Crippen LogP contribution in [0.25, 0.3) is 0 Å². The van der Waals surface area contributed by atoms with Crippen LogP contribution in [0, 0.1) is 5.82 Å². The number of carbonyl (C=O) groups excluding carboxylic acids is 1. The predicted octanol–water partition coefficient (Wildman–Crippen LogP) is 4.94. The molecule has 2 nitrogen and oxygen atoms in total. The number of rotatable bonds is 4. The normalized spacial score (nSPS) is 10.8. The van der Waals surface area contributed by atoms with Crippen LogP contribution in [-0.2, 0) is 0 Å². The first-order valence-corrected chi connectivity index (χ1v) is 6.50. The summed E-state index contributed by atoms with van der Waals surface area (Å²) in [6.07, 6.45) is 2.85. The Morgan fingerprint density at radius 3 is 2.40 bits per heavy atom. The Labute approximate surface area is 125 Å². The van der Waals surface area contributed by atoms with Gasteiger partial charge in [-0.3, -0.25) is 4.79 Å². The molecule has 0 saturated carbocycles. The molecule has 102 valence electrons. The zero-order valence-electron chi connectivity index (χ0n) is 10.2. The van der Waals surface area contributed by atoms with Crippen molar-refractivity contribution in [2.45, 2.75) is 0 Å². The molecule has 0 radical (unpaired) electrons. The van der Waals surface area contributed by atoms with E-state index in [4.69, 9.17) is 23.2 Å². The van der Waals surface area contributed by atoms with Crippen molar-refractivity contribution in [1.29, 1.82) is 0 Å². The van der Waals surface area contributed by atoms with Gasteiger partial charge in [0.1, 0.15) is 5.82 Å². The molecule has 0 aliphatic carbocycles. The molecule has 0 aliphatic heterocycles. The lowest BCUT2D eigenvalue weighted by atomic mass is 10.1. The van der Waals surface area contributed by atoms with E-state index in [2.05, 4.69) is 5.32 Å². The second-order valence-corrected chi connectivity index (χ2v) is 4.79. The fourth-order valence-corrected chi connectivity index (χ4v) is 1.81. The van der Waals surface area contributed by atoms with Crippen LogP contribution in [0.1, 0.15) is 10.4 Å². The van der Waals surface area contributed by atoms with Gasteiger partial charge in [-0.05, 0) is 42.5 Å².